The Bertz CT molecular complexity index is 392. The molecule has 0 aromatic heterocycles. The Balaban J connectivity index is 2.95. The van der Waals surface area contributed by atoms with Crippen molar-refractivity contribution in [3.8, 4) is 0 Å². The number of esters is 1. The number of ether oxygens (including phenoxy) is 1. The van der Waals surface area contributed by atoms with Gasteiger partial charge in [-0.1, -0.05) is 12.1 Å². The number of carbonyl (C=O) groups is 1. The molecule has 0 aliphatic heterocycles. The van der Waals surface area contributed by atoms with E-state index in [0.717, 1.165) is 0 Å². The van der Waals surface area contributed by atoms with Crippen LogP contribution in [0.4, 0.5) is 4.39 Å². The van der Waals surface area contributed by atoms with E-state index in [1.165, 1.54) is 32.2 Å². The van der Waals surface area contributed by atoms with E-state index in [0.29, 0.717) is 0 Å². The molecule has 0 aliphatic rings. The molecule has 1 rings (SSSR count). The van der Waals surface area contributed by atoms with Gasteiger partial charge in [0, 0.05) is 0 Å². The van der Waals surface area contributed by atoms with Crippen molar-refractivity contribution in [3.05, 3.63) is 30.1 Å². The van der Waals surface area contributed by atoms with E-state index in [-0.39, 0.29) is 4.90 Å². The topological polar surface area (TPSA) is 43.4 Å². The van der Waals surface area contributed by atoms with Gasteiger partial charge in [0.2, 0.25) is 0 Å². The fraction of sp³-hybridized carbons (Fsp3) is 0.300. The second-order valence-electron chi connectivity index (χ2n) is 2.89. The van der Waals surface area contributed by atoms with Gasteiger partial charge in [0.15, 0.2) is 0 Å². The summed E-state index contributed by atoms with van der Waals surface area (Å²) in [6, 6.07) is 5.67. The second-order valence-corrected chi connectivity index (χ2v) is 4.63. The van der Waals surface area contributed by atoms with Crippen molar-refractivity contribution >= 4 is 16.8 Å². The Kier molecular flexibility index (Phi) is 3.96. The van der Waals surface area contributed by atoms with Crippen molar-refractivity contribution in [3.63, 3.8) is 0 Å². The monoisotopic (exact) mass is 230 g/mol. The number of hydrogen-bond acceptors (Lipinski definition) is 3. The molecule has 2 unspecified atom stereocenters. The SMILES string of the molecule is COC(=O)C(C)S(=O)c1ccccc1F. The van der Waals surface area contributed by atoms with Crippen molar-refractivity contribution in [2.24, 2.45) is 0 Å². The van der Waals surface area contributed by atoms with Crippen LogP contribution in [0.2, 0.25) is 0 Å². The fourth-order valence-corrected chi connectivity index (χ4v) is 2.18. The molecular formula is C10H11FO3S. The van der Waals surface area contributed by atoms with Gasteiger partial charge in [-0.2, -0.15) is 0 Å². The number of carbonyl (C=O) groups excluding carboxylic acids is 1. The molecule has 0 amide bonds. The van der Waals surface area contributed by atoms with Crippen molar-refractivity contribution in [2.75, 3.05) is 7.11 Å². The number of methoxy groups -OCH3 is 1. The smallest absolute Gasteiger partial charge is 0.321 e. The van der Waals surface area contributed by atoms with Gasteiger partial charge in [-0.3, -0.25) is 9.00 Å². The first-order chi connectivity index (χ1) is 7.07. The quantitative estimate of drug-likeness (QED) is 0.739. The van der Waals surface area contributed by atoms with Gasteiger partial charge in [-0.05, 0) is 19.1 Å². The summed E-state index contributed by atoms with van der Waals surface area (Å²) < 4.78 is 29.4. The van der Waals surface area contributed by atoms with Crippen LogP contribution in [0.5, 0.6) is 0 Å². The van der Waals surface area contributed by atoms with E-state index in [1.54, 1.807) is 6.07 Å². The summed E-state index contributed by atoms with van der Waals surface area (Å²) >= 11 is 0. The Labute approximate surface area is 89.7 Å². The molecule has 0 heterocycles. The third-order valence-corrected chi connectivity index (χ3v) is 3.51. The summed E-state index contributed by atoms with van der Waals surface area (Å²) in [5.41, 5.74) is 0. The molecule has 0 bridgehead atoms. The number of benzene rings is 1. The summed E-state index contributed by atoms with van der Waals surface area (Å²) in [6.45, 7) is 1.44. The molecule has 3 nitrogen and oxygen atoms in total. The Morgan fingerprint density at radius 1 is 1.47 bits per heavy atom. The lowest BCUT2D eigenvalue weighted by molar-refractivity contribution is -0.139. The Morgan fingerprint density at radius 2 is 2.07 bits per heavy atom. The summed E-state index contributed by atoms with van der Waals surface area (Å²) in [4.78, 5) is 11.1. The van der Waals surface area contributed by atoms with Gasteiger partial charge in [0.1, 0.15) is 11.1 Å². The number of rotatable bonds is 3. The first-order valence-corrected chi connectivity index (χ1v) is 5.52. The molecule has 0 aliphatic carbocycles. The molecule has 2 atom stereocenters. The summed E-state index contributed by atoms with van der Waals surface area (Å²) in [6.07, 6.45) is 0. The molecule has 0 N–H and O–H groups in total. The Hall–Kier alpha value is -1.23. The average Bonchev–Trinajstić information content (AvgIpc) is 2.26. The molecular weight excluding hydrogens is 219 g/mol. The predicted octanol–water partition coefficient (Wildman–Crippen LogP) is 1.49. The lowest BCUT2D eigenvalue weighted by Gasteiger charge is -2.09. The fourth-order valence-electron chi connectivity index (χ4n) is 1.05. The highest BCUT2D eigenvalue weighted by molar-refractivity contribution is 7.86. The molecule has 5 heteroatoms. The molecule has 15 heavy (non-hydrogen) atoms. The molecule has 82 valence electrons. The van der Waals surface area contributed by atoms with E-state index in [9.17, 15) is 13.4 Å². The summed E-state index contributed by atoms with van der Waals surface area (Å²) in [5, 5.41) is -0.869. The van der Waals surface area contributed by atoms with Crippen LogP contribution in [0.1, 0.15) is 6.92 Å². The predicted molar refractivity (Wildman–Crippen MR) is 54.3 cm³/mol. The van der Waals surface area contributed by atoms with Crippen LogP contribution in [0.25, 0.3) is 0 Å². The zero-order chi connectivity index (χ0) is 11.4. The zero-order valence-electron chi connectivity index (χ0n) is 8.40. The summed E-state index contributed by atoms with van der Waals surface area (Å²) in [7, 11) is -0.514. The van der Waals surface area contributed by atoms with E-state index < -0.39 is 27.8 Å². The van der Waals surface area contributed by atoms with E-state index >= 15 is 0 Å². The lowest BCUT2D eigenvalue weighted by Crippen LogP contribution is -2.24. The molecule has 1 aromatic carbocycles. The first kappa shape index (κ1) is 11.8. The van der Waals surface area contributed by atoms with Gasteiger partial charge in [-0.25, -0.2) is 4.39 Å². The number of halogens is 1. The largest absolute Gasteiger partial charge is 0.468 e. The summed E-state index contributed by atoms with van der Waals surface area (Å²) in [5.74, 6) is -1.19. The van der Waals surface area contributed by atoms with Crippen LogP contribution in [-0.4, -0.2) is 22.5 Å². The van der Waals surface area contributed by atoms with Gasteiger partial charge in [-0.15, -0.1) is 0 Å². The first-order valence-electron chi connectivity index (χ1n) is 4.31. The molecule has 0 spiro atoms. The van der Waals surface area contributed by atoms with Crippen molar-refractivity contribution in [2.45, 2.75) is 17.1 Å². The van der Waals surface area contributed by atoms with E-state index in [4.69, 9.17) is 0 Å². The number of hydrogen-bond donors (Lipinski definition) is 0. The minimum atomic E-state index is -1.72. The van der Waals surface area contributed by atoms with Crippen LogP contribution in [0, 0.1) is 5.82 Å². The minimum Gasteiger partial charge on any atom is -0.468 e. The van der Waals surface area contributed by atoms with Crippen LogP contribution in [-0.2, 0) is 20.3 Å². The third kappa shape index (κ3) is 2.62. The highest BCUT2D eigenvalue weighted by Gasteiger charge is 2.23. The van der Waals surface area contributed by atoms with Gasteiger partial charge >= 0.3 is 5.97 Å². The molecule has 0 fully saturated rings. The highest BCUT2D eigenvalue weighted by Crippen LogP contribution is 2.15. The maximum Gasteiger partial charge on any atom is 0.321 e. The molecule has 0 saturated heterocycles. The van der Waals surface area contributed by atoms with E-state index in [2.05, 4.69) is 4.74 Å². The van der Waals surface area contributed by atoms with Crippen molar-refractivity contribution in [1.29, 1.82) is 0 Å². The maximum absolute atomic E-state index is 13.2. The molecule has 1 aromatic rings. The van der Waals surface area contributed by atoms with Crippen molar-refractivity contribution in [1.82, 2.24) is 0 Å². The third-order valence-electron chi connectivity index (χ3n) is 1.91. The molecule has 0 saturated carbocycles. The van der Waals surface area contributed by atoms with E-state index in [1.807, 2.05) is 0 Å². The lowest BCUT2D eigenvalue weighted by atomic mass is 10.3. The van der Waals surface area contributed by atoms with Gasteiger partial charge in [0.05, 0.1) is 22.8 Å². The van der Waals surface area contributed by atoms with Gasteiger partial charge < -0.3 is 4.74 Å². The standard InChI is InChI=1S/C10H11FO3S/c1-7(10(12)14-2)15(13)9-6-4-3-5-8(9)11/h3-7H,1-2H3. The maximum atomic E-state index is 13.2. The van der Waals surface area contributed by atoms with Crippen molar-refractivity contribution < 1.29 is 18.1 Å². The van der Waals surface area contributed by atoms with Crippen LogP contribution < -0.4 is 0 Å². The Morgan fingerprint density at radius 3 is 2.60 bits per heavy atom. The minimum absolute atomic E-state index is 0.0235. The second kappa shape index (κ2) is 5.02. The van der Waals surface area contributed by atoms with Crippen LogP contribution in [0.3, 0.4) is 0 Å². The zero-order valence-corrected chi connectivity index (χ0v) is 9.21. The van der Waals surface area contributed by atoms with Gasteiger partial charge in [0.25, 0.3) is 0 Å². The normalized spacial score (nSPS) is 14.3. The van der Waals surface area contributed by atoms with Crippen LogP contribution >= 0.6 is 0 Å². The van der Waals surface area contributed by atoms with Crippen LogP contribution in [0.15, 0.2) is 29.2 Å². The molecule has 0 radical (unpaired) electrons. The average molecular weight is 230 g/mol. The highest BCUT2D eigenvalue weighted by atomic mass is 32.2.